The molecule has 0 heterocycles. The number of carbonyl (C=O) groups is 1. The lowest BCUT2D eigenvalue weighted by atomic mass is 9.98. The summed E-state index contributed by atoms with van der Waals surface area (Å²) in [6.45, 7) is 0.543. The van der Waals surface area contributed by atoms with Crippen molar-refractivity contribution in [1.29, 1.82) is 0 Å². The minimum absolute atomic E-state index is 0.0277. The molecule has 0 bridgehead atoms. The largest absolute Gasteiger partial charge is 0.449 e. The van der Waals surface area contributed by atoms with Crippen molar-refractivity contribution in [3.63, 3.8) is 0 Å². The van der Waals surface area contributed by atoms with Gasteiger partial charge in [0.15, 0.2) is 0 Å². The van der Waals surface area contributed by atoms with Gasteiger partial charge in [-0.15, -0.1) is 0 Å². The summed E-state index contributed by atoms with van der Waals surface area (Å²) in [5.74, 6) is -0.106. The van der Waals surface area contributed by atoms with Crippen LogP contribution in [0.5, 0.6) is 0 Å². The Labute approximate surface area is 181 Å². The van der Waals surface area contributed by atoms with E-state index in [1.165, 1.54) is 22.3 Å². The molecule has 30 heavy (non-hydrogen) atoms. The quantitative estimate of drug-likeness (QED) is 0.562. The lowest BCUT2D eigenvalue weighted by molar-refractivity contribution is 0.138. The molecule has 1 atom stereocenters. The van der Waals surface area contributed by atoms with Gasteiger partial charge in [-0.2, -0.15) is 0 Å². The second-order valence-corrected chi connectivity index (χ2v) is 7.96. The van der Waals surface area contributed by atoms with Crippen LogP contribution in [0.25, 0.3) is 11.1 Å². The molecule has 5 heteroatoms. The summed E-state index contributed by atoms with van der Waals surface area (Å²) >= 11 is 6.20. The van der Waals surface area contributed by atoms with E-state index in [9.17, 15) is 9.90 Å². The number of aliphatic hydroxyl groups excluding tert-OH is 1. The molecular formula is C25H24ClNO3. The molecule has 1 aliphatic carbocycles. The molecule has 0 fully saturated rings. The molecule has 1 amide bonds. The Morgan fingerprint density at radius 3 is 2.20 bits per heavy atom. The average molecular weight is 422 g/mol. The predicted molar refractivity (Wildman–Crippen MR) is 119 cm³/mol. The number of carbonyl (C=O) groups excluding carboxylic acids is 1. The van der Waals surface area contributed by atoms with Crippen molar-refractivity contribution < 1.29 is 14.6 Å². The van der Waals surface area contributed by atoms with E-state index in [1.807, 2.05) is 48.5 Å². The molecule has 154 valence electrons. The monoisotopic (exact) mass is 421 g/mol. The first kappa shape index (κ1) is 20.5. The Morgan fingerprint density at radius 2 is 1.57 bits per heavy atom. The first-order valence-electron chi connectivity index (χ1n) is 10.1. The van der Waals surface area contributed by atoms with Gasteiger partial charge in [0, 0.05) is 30.0 Å². The Balaban J connectivity index is 1.34. The fourth-order valence-electron chi connectivity index (χ4n) is 4.05. The number of ether oxygens (including phenoxy) is 1. The van der Waals surface area contributed by atoms with Crippen molar-refractivity contribution >= 4 is 17.7 Å². The Hall–Kier alpha value is -2.82. The maximum absolute atomic E-state index is 12.3. The lowest BCUT2D eigenvalue weighted by Gasteiger charge is -2.17. The fourth-order valence-corrected chi connectivity index (χ4v) is 4.27. The van der Waals surface area contributed by atoms with Gasteiger partial charge in [-0.05, 0) is 40.3 Å². The molecule has 0 aliphatic heterocycles. The van der Waals surface area contributed by atoms with Crippen LogP contribution in [0, 0.1) is 5.92 Å². The van der Waals surface area contributed by atoms with Gasteiger partial charge in [-0.25, -0.2) is 4.79 Å². The molecule has 1 aliphatic rings. The van der Waals surface area contributed by atoms with Crippen LogP contribution < -0.4 is 5.32 Å². The van der Waals surface area contributed by atoms with Crippen LogP contribution in [0.4, 0.5) is 4.79 Å². The highest BCUT2D eigenvalue weighted by Gasteiger charge is 2.29. The first-order chi connectivity index (χ1) is 14.7. The number of fused-ring (bicyclic) bond motifs is 3. The van der Waals surface area contributed by atoms with Gasteiger partial charge in [0.1, 0.15) is 6.61 Å². The molecule has 1 unspecified atom stereocenters. The molecular weight excluding hydrogens is 398 g/mol. The Morgan fingerprint density at radius 1 is 0.967 bits per heavy atom. The van der Waals surface area contributed by atoms with Gasteiger partial charge in [0.25, 0.3) is 0 Å². The maximum Gasteiger partial charge on any atom is 0.407 e. The summed E-state index contributed by atoms with van der Waals surface area (Å²) in [5, 5.41) is 13.1. The third-order valence-corrected chi connectivity index (χ3v) is 5.97. The van der Waals surface area contributed by atoms with E-state index in [2.05, 4.69) is 29.6 Å². The van der Waals surface area contributed by atoms with E-state index >= 15 is 0 Å². The standard InChI is InChI=1S/C25H24ClNO3/c26-24-12-6-1-7-18(24)13-17(15-28)14-27-25(29)30-16-23-21-10-4-2-8-19(21)20-9-3-5-11-22(20)23/h1-12,17,23,28H,13-16H2,(H,27,29). The van der Waals surface area contributed by atoms with Crippen molar-refractivity contribution in [1.82, 2.24) is 5.32 Å². The highest BCUT2D eigenvalue weighted by molar-refractivity contribution is 6.31. The van der Waals surface area contributed by atoms with Gasteiger partial charge < -0.3 is 15.2 Å². The van der Waals surface area contributed by atoms with E-state index < -0.39 is 6.09 Å². The Kier molecular flexibility index (Phi) is 6.36. The zero-order chi connectivity index (χ0) is 20.9. The van der Waals surface area contributed by atoms with Crippen LogP contribution in [0.15, 0.2) is 72.8 Å². The summed E-state index contributed by atoms with van der Waals surface area (Å²) in [7, 11) is 0. The van der Waals surface area contributed by atoms with E-state index in [0.29, 0.717) is 18.0 Å². The molecule has 0 radical (unpaired) electrons. The van der Waals surface area contributed by atoms with E-state index in [-0.39, 0.29) is 25.0 Å². The zero-order valence-electron chi connectivity index (χ0n) is 16.6. The number of hydrogen-bond donors (Lipinski definition) is 2. The lowest BCUT2D eigenvalue weighted by Crippen LogP contribution is -2.33. The van der Waals surface area contributed by atoms with Gasteiger partial charge in [0.05, 0.1) is 0 Å². The predicted octanol–water partition coefficient (Wildman–Crippen LogP) is 5.03. The van der Waals surface area contributed by atoms with Crippen LogP contribution in [-0.2, 0) is 11.2 Å². The molecule has 4 nitrogen and oxygen atoms in total. The van der Waals surface area contributed by atoms with E-state index in [4.69, 9.17) is 16.3 Å². The number of rotatable bonds is 7. The van der Waals surface area contributed by atoms with Crippen molar-refractivity contribution in [3.05, 3.63) is 94.5 Å². The molecule has 0 aromatic heterocycles. The second-order valence-electron chi connectivity index (χ2n) is 7.55. The van der Waals surface area contributed by atoms with Crippen LogP contribution in [0.3, 0.4) is 0 Å². The Bertz CT molecular complexity index is 991. The van der Waals surface area contributed by atoms with Crippen molar-refractivity contribution in [2.24, 2.45) is 5.92 Å². The fraction of sp³-hybridized carbons (Fsp3) is 0.240. The van der Waals surface area contributed by atoms with Crippen LogP contribution in [-0.4, -0.2) is 31.0 Å². The van der Waals surface area contributed by atoms with E-state index in [1.54, 1.807) is 0 Å². The molecule has 3 aromatic carbocycles. The number of nitrogens with one attached hydrogen (secondary N) is 1. The molecule has 0 saturated heterocycles. The van der Waals surface area contributed by atoms with Crippen molar-refractivity contribution in [3.8, 4) is 11.1 Å². The van der Waals surface area contributed by atoms with Crippen LogP contribution in [0.1, 0.15) is 22.6 Å². The highest BCUT2D eigenvalue weighted by Crippen LogP contribution is 2.44. The van der Waals surface area contributed by atoms with Gasteiger partial charge in [0.2, 0.25) is 0 Å². The molecule has 2 N–H and O–H groups in total. The number of aliphatic hydroxyl groups is 1. The normalized spacial score (nSPS) is 13.4. The zero-order valence-corrected chi connectivity index (χ0v) is 17.3. The van der Waals surface area contributed by atoms with Gasteiger partial charge >= 0.3 is 6.09 Å². The number of hydrogen-bond acceptors (Lipinski definition) is 3. The highest BCUT2D eigenvalue weighted by atomic mass is 35.5. The number of benzene rings is 3. The summed E-state index contributed by atoms with van der Waals surface area (Å²) in [6.07, 6.45) is 0.106. The van der Waals surface area contributed by atoms with Gasteiger partial charge in [-0.3, -0.25) is 0 Å². The minimum Gasteiger partial charge on any atom is -0.449 e. The maximum atomic E-state index is 12.3. The van der Waals surface area contributed by atoms with Gasteiger partial charge in [-0.1, -0.05) is 78.3 Å². The molecule has 3 aromatic rings. The molecule has 4 rings (SSSR count). The summed E-state index contributed by atoms with van der Waals surface area (Å²) in [6, 6.07) is 24.0. The third-order valence-electron chi connectivity index (χ3n) is 5.60. The topological polar surface area (TPSA) is 58.6 Å². The van der Waals surface area contributed by atoms with Crippen molar-refractivity contribution in [2.45, 2.75) is 12.3 Å². The summed E-state index contributed by atoms with van der Waals surface area (Å²) < 4.78 is 5.55. The minimum atomic E-state index is -0.477. The van der Waals surface area contributed by atoms with Crippen molar-refractivity contribution in [2.75, 3.05) is 19.8 Å². The number of halogens is 1. The molecule has 0 spiro atoms. The number of alkyl carbamates (subject to hydrolysis) is 1. The smallest absolute Gasteiger partial charge is 0.407 e. The summed E-state index contributed by atoms with van der Waals surface area (Å²) in [5.41, 5.74) is 5.70. The third kappa shape index (κ3) is 4.35. The second kappa shape index (κ2) is 9.33. The average Bonchev–Trinajstić information content (AvgIpc) is 3.10. The first-order valence-corrected chi connectivity index (χ1v) is 10.5. The summed E-state index contributed by atoms with van der Waals surface area (Å²) in [4.78, 5) is 12.3. The SMILES string of the molecule is O=C(NCC(CO)Cc1ccccc1Cl)OCC1c2ccccc2-c2ccccc21. The number of amides is 1. The van der Waals surface area contributed by atoms with Crippen LogP contribution in [0.2, 0.25) is 5.02 Å². The molecule has 0 saturated carbocycles. The van der Waals surface area contributed by atoms with E-state index in [0.717, 1.165) is 5.56 Å². The van der Waals surface area contributed by atoms with Crippen LogP contribution >= 0.6 is 11.6 Å².